The minimum absolute atomic E-state index is 0.00366. The molecule has 1 unspecified atom stereocenters. The fourth-order valence-electron chi connectivity index (χ4n) is 1.73. The molecular formula is C15H18ClN3OS. The van der Waals surface area contributed by atoms with E-state index in [9.17, 15) is 4.79 Å². The number of amides is 1. The second kappa shape index (κ2) is 7.43. The highest BCUT2D eigenvalue weighted by atomic mass is 35.5. The van der Waals surface area contributed by atoms with Gasteiger partial charge in [-0.2, -0.15) is 0 Å². The minimum atomic E-state index is 0.00366. The third-order valence-electron chi connectivity index (χ3n) is 2.99. The van der Waals surface area contributed by atoms with Gasteiger partial charge in [-0.05, 0) is 31.5 Å². The average molecular weight is 324 g/mol. The third kappa shape index (κ3) is 5.02. The van der Waals surface area contributed by atoms with Gasteiger partial charge in [-0.15, -0.1) is 11.3 Å². The molecule has 0 bridgehead atoms. The number of carbonyl (C=O) groups excluding carboxylic acids is 1. The van der Waals surface area contributed by atoms with Crippen LogP contribution in [0.4, 0.5) is 10.8 Å². The molecule has 0 fully saturated rings. The van der Waals surface area contributed by atoms with Gasteiger partial charge in [0.1, 0.15) is 0 Å². The first-order valence-corrected chi connectivity index (χ1v) is 8.09. The Labute approximate surface area is 133 Å². The summed E-state index contributed by atoms with van der Waals surface area (Å²) >= 11 is 7.41. The number of rotatable bonds is 6. The zero-order valence-electron chi connectivity index (χ0n) is 12.0. The van der Waals surface area contributed by atoms with Crippen molar-refractivity contribution >= 4 is 39.7 Å². The van der Waals surface area contributed by atoms with Crippen molar-refractivity contribution in [2.45, 2.75) is 32.7 Å². The molecule has 112 valence electrons. The first-order chi connectivity index (χ1) is 10.1. The fraction of sp³-hybridized carbons (Fsp3) is 0.333. The van der Waals surface area contributed by atoms with Crippen molar-refractivity contribution in [1.29, 1.82) is 0 Å². The maximum absolute atomic E-state index is 11.8. The summed E-state index contributed by atoms with van der Waals surface area (Å²) < 4.78 is 0. The van der Waals surface area contributed by atoms with E-state index in [2.05, 4.69) is 15.6 Å². The van der Waals surface area contributed by atoms with Crippen LogP contribution in [0.2, 0.25) is 5.02 Å². The van der Waals surface area contributed by atoms with E-state index in [1.807, 2.05) is 43.5 Å². The predicted molar refractivity (Wildman–Crippen MR) is 88.4 cm³/mol. The largest absolute Gasteiger partial charge is 0.353 e. The average Bonchev–Trinajstić information content (AvgIpc) is 2.85. The highest BCUT2D eigenvalue weighted by Gasteiger charge is 2.10. The van der Waals surface area contributed by atoms with Crippen LogP contribution in [0.1, 0.15) is 26.0 Å². The Bertz CT molecular complexity index is 614. The smallest absolute Gasteiger partial charge is 0.226 e. The summed E-state index contributed by atoms with van der Waals surface area (Å²) in [6.45, 7) is 4.03. The van der Waals surface area contributed by atoms with Crippen LogP contribution in [0.5, 0.6) is 0 Å². The first kappa shape index (κ1) is 15.8. The summed E-state index contributed by atoms with van der Waals surface area (Å²) in [4.78, 5) is 16.2. The number of nitrogens with one attached hydrogen (secondary N) is 2. The Hall–Kier alpha value is -1.59. The number of halogens is 1. The number of benzene rings is 1. The van der Waals surface area contributed by atoms with Crippen LogP contribution in [0.3, 0.4) is 0 Å². The molecular weight excluding hydrogens is 306 g/mol. The number of hydrogen-bond acceptors (Lipinski definition) is 4. The lowest BCUT2D eigenvalue weighted by atomic mass is 10.2. The molecule has 1 aromatic carbocycles. The van der Waals surface area contributed by atoms with Gasteiger partial charge in [0.25, 0.3) is 0 Å². The Morgan fingerprint density at radius 3 is 3.00 bits per heavy atom. The molecule has 0 radical (unpaired) electrons. The monoisotopic (exact) mass is 323 g/mol. The van der Waals surface area contributed by atoms with Gasteiger partial charge in [-0.25, -0.2) is 4.98 Å². The molecule has 2 aromatic rings. The van der Waals surface area contributed by atoms with Gasteiger partial charge in [0.05, 0.1) is 12.1 Å². The SMILES string of the molecule is CCC(C)NC(=O)Cc1csc(Nc2cccc(Cl)c2)n1. The Morgan fingerprint density at radius 1 is 1.48 bits per heavy atom. The molecule has 4 nitrogen and oxygen atoms in total. The van der Waals surface area contributed by atoms with E-state index in [-0.39, 0.29) is 11.9 Å². The van der Waals surface area contributed by atoms with E-state index in [0.717, 1.165) is 22.9 Å². The number of carbonyl (C=O) groups is 1. The van der Waals surface area contributed by atoms with Gasteiger partial charge < -0.3 is 10.6 Å². The molecule has 0 saturated carbocycles. The van der Waals surface area contributed by atoms with Crippen LogP contribution >= 0.6 is 22.9 Å². The van der Waals surface area contributed by atoms with Gasteiger partial charge in [0.2, 0.25) is 5.91 Å². The summed E-state index contributed by atoms with van der Waals surface area (Å²) in [7, 11) is 0. The van der Waals surface area contributed by atoms with Crippen LogP contribution in [0, 0.1) is 0 Å². The second-order valence-corrected chi connectivity index (χ2v) is 6.13. The van der Waals surface area contributed by atoms with Gasteiger partial charge in [-0.1, -0.05) is 24.6 Å². The highest BCUT2D eigenvalue weighted by Crippen LogP contribution is 2.23. The van der Waals surface area contributed by atoms with E-state index in [1.54, 1.807) is 0 Å². The third-order valence-corrected chi connectivity index (χ3v) is 4.03. The lowest BCUT2D eigenvalue weighted by Crippen LogP contribution is -2.33. The van der Waals surface area contributed by atoms with Crippen LogP contribution in [0.25, 0.3) is 0 Å². The Morgan fingerprint density at radius 2 is 2.29 bits per heavy atom. The molecule has 0 aliphatic heterocycles. The van der Waals surface area contributed by atoms with Crippen molar-refractivity contribution < 1.29 is 4.79 Å². The zero-order chi connectivity index (χ0) is 15.2. The Balaban J connectivity index is 1.94. The van der Waals surface area contributed by atoms with E-state index in [1.165, 1.54) is 11.3 Å². The van der Waals surface area contributed by atoms with Gasteiger partial charge in [0, 0.05) is 22.1 Å². The van der Waals surface area contributed by atoms with E-state index in [0.29, 0.717) is 11.4 Å². The Kier molecular flexibility index (Phi) is 5.59. The molecule has 21 heavy (non-hydrogen) atoms. The molecule has 0 spiro atoms. The van der Waals surface area contributed by atoms with Crippen LogP contribution in [0.15, 0.2) is 29.6 Å². The quantitative estimate of drug-likeness (QED) is 0.845. The molecule has 0 aliphatic rings. The number of anilines is 2. The lowest BCUT2D eigenvalue weighted by molar-refractivity contribution is -0.121. The maximum atomic E-state index is 11.8. The van der Waals surface area contributed by atoms with Gasteiger partial charge in [-0.3, -0.25) is 4.79 Å². The summed E-state index contributed by atoms with van der Waals surface area (Å²) in [5.74, 6) is 0.00366. The summed E-state index contributed by atoms with van der Waals surface area (Å²) in [6.07, 6.45) is 1.22. The summed E-state index contributed by atoms with van der Waals surface area (Å²) in [5, 5.41) is 9.43. The van der Waals surface area contributed by atoms with Crippen molar-refractivity contribution in [1.82, 2.24) is 10.3 Å². The van der Waals surface area contributed by atoms with E-state index < -0.39 is 0 Å². The normalized spacial score (nSPS) is 12.0. The molecule has 2 rings (SSSR count). The van der Waals surface area contributed by atoms with Crippen molar-refractivity contribution in [3.8, 4) is 0 Å². The van der Waals surface area contributed by atoms with Crippen molar-refractivity contribution in [2.24, 2.45) is 0 Å². The van der Waals surface area contributed by atoms with Gasteiger partial charge >= 0.3 is 0 Å². The molecule has 1 atom stereocenters. The van der Waals surface area contributed by atoms with Gasteiger partial charge in [0.15, 0.2) is 5.13 Å². The fourth-order valence-corrected chi connectivity index (χ4v) is 2.65. The standard InChI is InChI=1S/C15H18ClN3OS/c1-3-10(2)17-14(20)8-13-9-21-15(19-13)18-12-6-4-5-11(16)7-12/h4-7,9-10H,3,8H2,1-2H3,(H,17,20)(H,18,19). The second-order valence-electron chi connectivity index (χ2n) is 4.83. The first-order valence-electron chi connectivity index (χ1n) is 6.83. The molecule has 0 saturated heterocycles. The number of aromatic nitrogens is 1. The summed E-state index contributed by atoms with van der Waals surface area (Å²) in [5.41, 5.74) is 1.65. The lowest BCUT2D eigenvalue weighted by Gasteiger charge is -2.10. The molecule has 1 amide bonds. The molecule has 2 N–H and O–H groups in total. The van der Waals surface area contributed by atoms with Crippen molar-refractivity contribution in [2.75, 3.05) is 5.32 Å². The van der Waals surface area contributed by atoms with Crippen molar-refractivity contribution in [3.05, 3.63) is 40.4 Å². The van der Waals surface area contributed by atoms with Crippen LogP contribution < -0.4 is 10.6 Å². The number of nitrogens with zero attached hydrogens (tertiary/aromatic N) is 1. The van der Waals surface area contributed by atoms with Crippen LogP contribution in [-0.2, 0) is 11.2 Å². The topological polar surface area (TPSA) is 54.0 Å². The minimum Gasteiger partial charge on any atom is -0.353 e. The van der Waals surface area contributed by atoms with Crippen molar-refractivity contribution in [3.63, 3.8) is 0 Å². The molecule has 0 aliphatic carbocycles. The number of thiazole rings is 1. The molecule has 1 aromatic heterocycles. The molecule has 1 heterocycles. The zero-order valence-corrected chi connectivity index (χ0v) is 13.6. The maximum Gasteiger partial charge on any atom is 0.226 e. The summed E-state index contributed by atoms with van der Waals surface area (Å²) in [6, 6.07) is 7.64. The highest BCUT2D eigenvalue weighted by molar-refractivity contribution is 7.13. The van der Waals surface area contributed by atoms with Crippen LogP contribution in [-0.4, -0.2) is 16.9 Å². The van der Waals surface area contributed by atoms with E-state index >= 15 is 0 Å². The van der Waals surface area contributed by atoms with E-state index in [4.69, 9.17) is 11.6 Å². The number of hydrogen-bond donors (Lipinski definition) is 2. The molecule has 6 heteroatoms. The predicted octanol–water partition coefficient (Wildman–Crippen LogP) is 4.00.